The van der Waals surface area contributed by atoms with E-state index >= 15 is 0 Å². The van der Waals surface area contributed by atoms with Gasteiger partial charge in [0.05, 0.1) is 23.1 Å². The molecule has 0 aliphatic carbocycles. The van der Waals surface area contributed by atoms with Gasteiger partial charge in [-0.3, -0.25) is 4.79 Å². The number of benzene rings is 2. The summed E-state index contributed by atoms with van der Waals surface area (Å²) in [5.41, 5.74) is 10.1. The van der Waals surface area contributed by atoms with E-state index in [9.17, 15) is 4.79 Å². The van der Waals surface area contributed by atoms with E-state index in [0.29, 0.717) is 24.0 Å². The molecule has 0 bridgehead atoms. The highest BCUT2D eigenvalue weighted by Gasteiger charge is 2.25. The highest BCUT2D eigenvalue weighted by molar-refractivity contribution is 5.82. The molecule has 244 valence electrons. The van der Waals surface area contributed by atoms with Gasteiger partial charge < -0.3 is 29.4 Å². The van der Waals surface area contributed by atoms with Crippen LogP contribution in [0.1, 0.15) is 42.1 Å². The van der Waals surface area contributed by atoms with Crippen LogP contribution in [0.5, 0.6) is 0 Å². The molecule has 0 radical (unpaired) electrons. The molecular formula is C38H45N7O2. The molecule has 0 unspecified atom stereocenters. The van der Waals surface area contributed by atoms with Crippen LogP contribution in [0, 0.1) is 20.8 Å². The van der Waals surface area contributed by atoms with Gasteiger partial charge in [-0.25, -0.2) is 9.97 Å². The number of rotatable bonds is 8. The van der Waals surface area contributed by atoms with Gasteiger partial charge >= 0.3 is 0 Å². The molecule has 2 aliphatic rings. The van der Waals surface area contributed by atoms with Crippen LogP contribution < -0.4 is 20.7 Å². The number of H-pyrrole nitrogens is 1. The van der Waals surface area contributed by atoms with Crippen molar-refractivity contribution in [2.75, 3.05) is 55.7 Å². The quantitative estimate of drug-likeness (QED) is 0.222. The standard InChI is InChI=1S/C38H45N7O2/c1-5-44(31-12-18-47-19-13-31)34-22-29(28-10-11-35(40-23-28)43-16-14-39-15-17-43)21-30(27(34)4)24-45-33-9-7-6-8-32(33)42-37(45)36-25(2)20-26(3)41-38(36)46/h6-11,20-23,31,39H,5,12-19,24H2,1-4H3,(H,41,46). The van der Waals surface area contributed by atoms with Gasteiger partial charge in [-0.15, -0.1) is 0 Å². The Balaban J connectivity index is 1.37. The Bertz CT molecular complexity index is 1930. The van der Waals surface area contributed by atoms with E-state index in [2.05, 4.69) is 68.8 Å². The van der Waals surface area contributed by atoms with Gasteiger partial charge in [0.25, 0.3) is 5.56 Å². The number of pyridine rings is 2. The number of aromatic amines is 1. The number of hydrogen-bond acceptors (Lipinski definition) is 7. The number of nitrogens with one attached hydrogen (secondary N) is 2. The average molecular weight is 632 g/mol. The molecule has 7 rings (SSSR count). The van der Waals surface area contributed by atoms with E-state index in [1.165, 1.54) is 16.8 Å². The van der Waals surface area contributed by atoms with Crippen LogP contribution in [0.3, 0.4) is 0 Å². The van der Waals surface area contributed by atoms with Crippen LogP contribution in [0.2, 0.25) is 0 Å². The summed E-state index contributed by atoms with van der Waals surface area (Å²) < 4.78 is 7.97. The molecule has 5 heterocycles. The van der Waals surface area contributed by atoms with Crippen molar-refractivity contribution in [2.24, 2.45) is 0 Å². The number of anilines is 2. The van der Waals surface area contributed by atoms with E-state index in [4.69, 9.17) is 14.7 Å². The zero-order chi connectivity index (χ0) is 32.5. The number of fused-ring (bicyclic) bond motifs is 1. The Morgan fingerprint density at radius 1 is 0.979 bits per heavy atom. The van der Waals surface area contributed by atoms with E-state index in [-0.39, 0.29) is 5.56 Å². The molecule has 2 aliphatic heterocycles. The Morgan fingerprint density at radius 2 is 1.77 bits per heavy atom. The number of nitrogens with zero attached hydrogens (tertiary/aromatic N) is 5. The number of piperazine rings is 1. The normalized spacial score (nSPS) is 15.8. The maximum Gasteiger partial charge on any atom is 0.259 e. The summed E-state index contributed by atoms with van der Waals surface area (Å²) >= 11 is 0. The highest BCUT2D eigenvalue weighted by atomic mass is 16.5. The minimum absolute atomic E-state index is 0.113. The maximum absolute atomic E-state index is 13.4. The maximum atomic E-state index is 13.4. The number of ether oxygens (including phenoxy) is 1. The Morgan fingerprint density at radius 3 is 2.49 bits per heavy atom. The minimum Gasteiger partial charge on any atom is -0.381 e. The molecule has 2 N–H and O–H groups in total. The first-order valence-electron chi connectivity index (χ1n) is 17.0. The zero-order valence-corrected chi connectivity index (χ0v) is 28.0. The molecule has 0 saturated carbocycles. The lowest BCUT2D eigenvalue weighted by Crippen LogP contribution is -2.43. The van der Waals surface area contributed by atoms with Gasteiger partial charge in [0.15, 0.2) is 0 Å². The minimum atomic E-state index is -0.113. The predicted octanol–water partition coefficient (Wildman–Crippen LogP) is 5.84. The van der Waals surface area contributed by atoms with Crippen LogP contribution in [-0.2, 0) is 11.3 Å². The summed E-state index contributed by atoms with van der Waals surface area (Å²) in [6, 6.07) is 19.6. The summed E-state index contributed by atoms with van der Waals surface area (Å²) in [7, 11) is 0. The van der Waals surface area contributed by atoms with Crippen molar-refractivity contribution in [3.63, 3.8) is 0 Å². The van der Waals surface area contributed by atoms with Crippen molar-refractivity contribution in [2.45, 2.75) is 53.1 Å². The van der Waals surface area contributed by atoms with Gasteiger partial charge in [-0.2, -0.15) is 0 Å². The van der Waals surface area contributed by atoms with Crippen molar-refractivity contribution in [3.8, 4) is 22.5 Å². The predicted molar refractivity (Wildman–Crippen MR) is 191 cm³/mol. The Hall–Kier alpha value is -4.47. The number of aryl methyl sites for hydroxylation is 2. The molecular weight excluding hydrogens is 586 g/mol. The van der Waals surface area contributed by atoms with Gasteiger partial charge in [0.1, 0.15) is 11.6 Å². The molecule has 5 aromatic rings. The summed E-state index contributed by atoms with van der Waals surface area (Å²) in [5.74, 6) is 1.71. The second kappa shape index (κ2) is 13.3. The largest absolute Gasteiger partial charge is 0.381 e. The molecule has 2 fully saturated rings. The molecule has 0 spiro atoms. The fraction of sp³-hybridized carbons (Fsp3) is 0.395. The first kappa shape index (κ1) is 31.1. The third-order valence-corrected chi connectivity index (χ3v) is 9.86. The van der Waals surface area contributed by atoms with Gasteiger partial charge in [-0.05, 0) is 105 Å². The van der Waals surface area contributed by atoms with Crippen LogP contribution in [0.4, 0.5) is 11.5 Å². The van der Waals surface area contributed by atoms with E-state index < -0.39 is 0 Å². The smallest absolute Gasteiger partial charge is 0.259 e. The Kier molecular flexibility index (Phi) is 8.84. The van der Waals surface area contributed by atoms with Gasteiger partial charge in [0.2, 0.25) is 0 Å². The van der Waals surface area contributed by atoms with Crippen LogP contribution in [-0.4, -0.2) is 71.5 Å². The lowest BCUT2D eigenvalue weighted by Gasteiger charge is -2.37. The third kappa shape index (κ3) is 6.17. The highest BCUT2D eigenvalue weighted by Crippen LogP contribution is 2.36. The van der Waals surface area contributed by atoms with Gasteiger partial charge in [-0.1, -0.05) is 12.1 Å². The number of hydrogen-bond donors (Lipinski definition) is 2. The summed E-state index contributed by atoms with van der Waals surface area (Å²) in [4.78, 5) is 31.3. The number of imidazole rings is 1. The summed E-state index contributed by atoms with van der Waals surface area (Å²) in [6.07, 6.45) is 4.05. The average Bonchev–Trinajstić information content (AvgIpc) is 3.44. The molecule has 0 atom stereocenters. The first-order chi connectivity index (χ1) is 22.9. The van der Waals surface area contributed by atoms with Crippen molar-refractivity contribution < 1.29 is 4.74 Å². The topological polar surface area (TPSA) is 91.3 Å². The number of para-hydroxylation sites is 2. The molecule has 2 saturated heterocycles. The van der Waals surface area contributed by atoms with Crippen molar-refractivity contribution in [1.82, 2.24) is 24.8 Å². The molecule has 3 aromatic heterocycles. The molecule has 2 aromatic carbocycles. The molecule has 9 heteroatoms. The second-order valence-electron chi connectivity index (χ2n) is 12.9. The van der Waals surface area contributed by atoms with E-state index in [1.807, 2.05) is 44.3 Å². The molecule has 9 nitrogen and oxygen atoms in total. The summed E-state index contributed by atoms with van der Waals surface area (Å²) in [5, 5.41) is 3.43. The van der Waals surface area contributed by atoms with E-state index in [0.717, 1.165) is 98.0 Å². The van der Waals surface area contributed by atoms with Crippen molar-refractivity contribution in [1.29, 1.82) is 0 Å². The fourth-order valence-corrected chi connectivity index (χ4v) is 7.38. The molecule has 47 heavy (non-hydrogen) atoms. The Labute approximate surface area is 276 Å². The lowest BCUT2D eigenvalue weighted by atomic mass is 9.96. The van der Waals surface area contributed by atoms with Crippen LogP contribution in [0.15, 0.2) is 65.6 Å². The first-order valence-corrected chi connectivity index (χ1v) is 17.0. The van der Waals surface area contributed by atoms with Crippen LogP contribution in [0.25, 0.3) is 33.5 Å². The van der Waals surface area contributed by atoms with E-state index in [1.54, 1.807) is 0 Å². The SMILES string of the molecule is CCN(c1cc(-c2ccc(N3CCNCC3)nc2)cc(Cn2c(-c3c(C)cc(C)[nH]c3=O)nc3ccccc32)c1C)C1CCOCC1. The lowest BCUT2D eigenvalue weighted by molar-refractivity contribution is 0.0846. The van der Waals surface area contributed by atoms with Crippen molar-refractivity contribution in [3.05, 3.63) is 93.5 Å². The number of aromatic nitrogens is 4. The van der Waals surface area contributed by atoms with Gasteiger partial charge in [0, 0.05) is 75.1 Å². The van der Waals surface area contributed by atoms with Crippen molar-refractivity contribution >= 4 is 22.5 Å². The monoisotopic (exact) mass is 631 g/mol. The second-order valence-corrected chi connectivity index (χ2v) is 12.9. The van der Waals surface area contributed by atoms with Crippen LogP contribution >= 0.6 is 0 Å². The molecule has 0 amide bonds. The summed E-state index contributed by atoms with van der Waals surface area (Å²) in [6.45, 7) is 15.4. The fourth-order valence-electron chi connectivity index (χ4n) is 7.38. The zero-order valence-electron chi connectivity index (χ0n) is 28.0. The third-order valence-electron chi connectivity index (χ3n) is 9.86.